The summed E-state index contributed by atoms with van der Waals surface area (Å²) >= 11 is 0. The lowest BCUT2D eigenvalue weighted by molar-refractivity contribution is 0.394. The summed E-state index contributed by atoms with van der Waals surface area (Å²) in [5.74, 6) is 1.32. The number of nitrogens with zero attached hydrogens (tertiary/aromatic N) is 1. The SMILES string of the molecule is CC1(C)c2ccccc2-c2c(-c3ccc(N(c4ccccc4-c4cccc5cccc(C6CCCCC6)c45)c4cccc5c4C4C=CC=CC4C5(C)C)cc3)cccc21. The van der Waals surface area contributed by atoms with Gasteiger partial charge >= 0.3 is 0 Å². The van der Waals surface area contributed by atoms with E-state index in [1.165, 1.54) is 121 Å². The summed E-state index contributed by atoms with van der Waals surface area (Å²) < 4.78 is 0. The van der Waals surface area contributed by atoms with Crippen molar-refractivity contribution in [2.75, 3.05) is 4.90 Å². The lowest BCUT2D eigenvalue weighted by Crippen LogP contribution is -2.24. The van der Waals surface area contributed by atoms with Crippen molar-refractivity contribution in [3.63, 3.8) is 0 Å². The molecule has 1 fully saturated rings. The molecule has 7 aromatic rings. The van der Waals surface area contributed by atoms with Gasteiger partial charge in [-0.25, -0.2) is 0 Å². The fourth-order valence-electron chi connectivity index (χ4n) is 11.8. The zero-order chi connectivity index (χ0) is 39.9. The number of allylic oxidation sites excluding steroid dienone is 4. The van der Waals surface area contributed by atoms with E-state index in [2.05, 4.69) is 202 Å². The molecule has 4 aliphatic carbocycles. The summed E-state index contributed by atoms with van der Waals surface area (Å²) in [5, 5.41) is 2.76. The molecular formula is C58H53N. The van der Waals surface area contributed by atoms with Crippen LogP contribution in [0.25, 0.3) is 44.2 Å². The molecule has 7 aromatic carbocycles. The number of rotatable bonds is 6. The molecule has 0 spiro atoms. The van der Waals surface area contributed by atoms with Crippen molar-refractivity contribution >= 4 is 27.8 Å². The number of para-hydroxylation sites is 1. The molecule has 2 unspecified atom stereocenters. The standard InChI is InChI=1S/C58H53N/c1-57(2)48-28-11-8-23-46(48)55-43(26-16-30-50(55)57)39-34-36-41(37-35-39)59(53-33-17-31-51-56(53)47-24-9-12-29-49(47)58(51,3)4)52-32-13-10-22-44(52)45-27-15-21-40-20-14-25-42(54(40)45)38-18-6-5-7-19-38/h8-17,20-38,47,49H,5-7,18-19H2,1-4H3. The molecule has 0 N–H and O–H groups in total. The molecule has 0 bridgehead atoms. The third-order valence-electron chi connectivity index (χ3n) is 14.8. The molecule has 2 atom stereocenters. The van der Waals surface area contributed by atoms with Crippen LogP contribution in [0.3, 0.4) is 0 Å². The minimum absolute atomic E-state index is 0.00853. The molecule has 0 saturated heterocycles. The Balaban J connectivity index is 1.12. The number of fused-ring (bicyclic) bond motifs is 7. The van der Waals surface area contributed by atoms with Crippen molar-refractivity contribution in [3.05, 3.63) is 198 Å². The summed E-state index contributed by atoms with van der Waals surface area (Å²) in [5.41, 5.74) is 18.7. The Kier molecular flexibility index (Phi) is 8.49. The molecule has 1 heteroatoms. The predicted octanol–water partition coefficient (Wildman–Crippen LogP) is 16.1. The first-order chi connectivity index (χ1) is 28.8. The Morgan fingerprint density at radius 1 is 0.508 bits per heavy atom. The zero-order valence-electron chi connectivity index (χ0n) is 34.9. The van der Waals surface area contributed by atoms with Gasteiger partial charge in [-0.2, -0.15) is 0 Å². The van der Waals surface area contributed by atoms with Crippen LogP contribution in [0.4, 0.5) is 17.1 Å². The Labute approximate surface area is 350 Å². The highest BCUT2D eigenvalue weighted by Gasteiger charge is 2.46. The first-order valence-corrected chi connectivity index (χ1v) is 22.1. The molecule has 0 amide bonds. The Morgan fingerprint density at radius 3 is 1.97 bits per heavy atom. The quantitative estimate of drug-likeness (QED) is 0.163. The highest BCUT2D eigenvalue weighted by molar-refractivity contribution is 6.04. The topological polar surface area (TPSA) is 3.24 Å². The van der Waals surface area contributed by atoms with E-state index in [0.29, 0.717) is 17.8 Å². The van der Waals surface area contributed by atoms with Crippen molar-refractivity contribution < 1.29 is 0 Å². The smallest absolute Gasteiger partial charge is 0.0540 e. The number of hydrogen-bond donors (Lipinski definition) is 0. The van der Waals surface area contributed by atoms with Crippen LogP contribution in [-0.2, 0) is 10.8 Å². The van der Waals surface area contributed by atoms with E-state index in [0.717, 1.165) is 0 Å². The van der Waals surface area contributed by atoms with Crippen molar-refractivity contribution in [2.45, 2.75) is 82.5 Å². The lowest BCUT2D eigenvalue weighted by Gasteiger charge is -2.32. The van der Waals surface area contributed by atoms with Gasteiger partial charge in [-0.1, -0.05) is 193 Å². The van der Waals surface area contributed by atoms with Gasteiger partial charge in [-0.15, -0.1) is 0 Å². The van der Waals surface area contributed by atoms with Crippen molar-refractivity contribution in [2.24, 2.45) is 5.92 Å². The van der Waals surface area contributed by atoms with Gasteiger partial charge < -0.3 is 4.90 Å². The first-order valence-electron chi connectivity index (χ1n) is 22.1. The van der Waals surface area contributed by atoms with E-state index < -0.39 is 0 Å². The zero-order valence-corrected chi connectivity index (χ0v) is 34.9. The number of hydrogen-bond acceptors (Lipinski definition) is 1. The minimum Gasteiger partial charge on any atom is -0.310 e. The van der Waals surface area contributed by atoms with Crippen molar-refractivity contribution in [3.8, 4) is 33.4 Å². The Bertz CT molecular complexity index is 2820. The van der Waals surface area contributed by atoms with E-state index in [1.807, 2.05) is 0 Å². The monoisotopic (exact) mass is 763 g/mol. The summed E-state index contributed by atoms with van der Waals surface area (Å²) in [7, 11) is 0. The Hall–Kier alpha value is -5.92. The molecular weight excluding hydrogens is 711 g/mol. The molecule has 4 aliphatic rings. The van der Waals surface area contributed by atoms with E-state index in [-0.39, 0.29) is 10.8 Å². The third-order valence-corrected chi connectivity index (χ3v) is 14.8. The highest BCUT2D eigenvalue weighted by atomic mass is 15.1. The van der Waals surface area contributed by atoms with Crippen LogP contribution in [0.5, 0.6) is 0 Å². The normalized spacial score (nSPS) is 19.6. The van der Waals surface area contributed by atoms with Gasteiger partial charge in [0.1, 0.15) is 0 Å². The molecule has 290 valence electrons. The van der Waals surface area contributed by atoms with Gasteiger partial charge in [0.25, 0.3) is 0 Å². The van der Waals surface area contributed by atoms with Crippen LogP contribution in [-0.4, -0.2) is 0 Å². The molecule has 0 heterocycles. The van der Waals surface area contributed by atoms with Crippen molar-refractivity contribution in [1.82, 2.24) is 0 Å². The largest absolute Gasteiger partial charge is 0.310 e. The predicted molar refractivity (Wildman–Crippen MR) is 250 cm³/mol. The highest BCUT2D eigenvalue weighted by Crippen LogP contribution is 2.58. The maximum Gasteiger partial charge on any atom is 0.0540 e. The molecule has 1 saturated carbocycles. The first kappa shape index (κ1) is 36.2. The van der Waals surface area contributed by atoms with Gasteiger partial charge in [0.2, 0.25) is 0 Å². The molecule has 11 rings (SSSR count). The second-order valence-electron chi connectivity index (χ2n) is 18.7. The van der Waals surface area contributed by atoms with Gasteiger partial charge in [0, 0.05) is 22.6 Å². The lowest BCUT2D eigenvalue weighted by atomic mass is 9.74. The van der Waals surface area contributed by atoms with Crippen LogP contribution in [0.2, 0.25) is 0 Å². The summed E-state index contributed by atoms with van der Waals surface area (Å²) in [4.78, 5) is 2.60. The van der Waals surface area contributed by atoms with Crippen LogP contribution in [0.1, 0.15) is 99.5 Å². The van der Waals surface area contributed by atoms with Crippen LogP contribution in [0, 0.1) is 5.92 Å². The number of benzene rings is 7. The van der Waals surface area contributed by atoms with Crippen LogP contribution in [0.15, 0.2) is 170 Å². The van der Waals surface area contributed by atoms with Crippen molar-refractivity contribution in [1.29, 1.82) is 0 Å². The average molecular weight is 764 g/mol. The summed E-state index contributed by atoms with van der Waals surface area (Å²) in [6, 6.07) is 55.7. The van der Waals surface area contributed by atoms with Crippen LogP contribution < -0.4 is 4.90 Å². The molecule has 1 nitrogen and oxygen atoms in total. The summed E-state index contributed by atoms with van der Waals surface area (Å²) in [6.45, 7) is 9.62. The fourth-order valence-corrected chi connectivity index (χ4v) is 11.8. The molecule has 0 aliphatic heterocycles. The summed E-state index contributed by atoms with van der Waals surface area (Å²) in [6.07, 6.45) is 16.0. The maximum absolute atomic E-state index is 2.60. The van der Waals surface area contributed by atoms with Crippen LogP contribution >= 0.6 is 0 Å². The van der Waals surface area contributed by atoms with E-state index >= 15 is 0 Å². The second-order valence-corrected chi connectivity index (χ2v) is 18.7. The molecule has 0 aromatic heterocycles. The minimum atomic E-state index is -0.0388. The maximum atomic E-state index is 2.60. The van der Waals surface area contributed by atoms with Gasteiger partial charge in [0.15, 0.2) is 0 Å². The molecule has 59 heavy (non-hydrogen) atoms. The van der Waals surface area contributed by atoms with Gasteiger partial charge in [-0.05, 0) is 121 Å². The van der Waals surface area contributed by atoms with E-state index in [1.54, 1.807) is 0 Å². The fraction of sp³-hybridized carbons (Fsp3) is 0.241. The molecule has 0 radical (unpaired) electrons. The van der Waals surface area contributed by atoms with Gasteiger partial charge in [0.05, 0.1) is 11.4 Å². The average Bonchev–Trinajstić information content (AvgIpc) is 3.67. The van der Waals surface area contributed by atoms with E-state index in [9.17, 15) is 0 Å². The third kappa shape index (κ3) is 5.57. The van der Waals surface area contributed by atoms with E-state index in [4.69, 9.17) is 0 Å². The Morgan fingerprint density at radius 2 is 1.14 bits per heavy atom. The number of anilines is 3. The van der Waals surface area contributed by atoms with Gasteiger partial charge in [-0.3, -0.25) is 0 Å². The second kappa shape index (κ2) is 13.8.